The third-order valence-electron chi connectivity index (χ3n) is 4.43. The van der Waals surface area contributed by atoms with E-state index in [-0.39, 0.29) is 5.91 Å². The van der Waals surface area contributed by atoms with Gasteiger partial charge in [0, 0.05) is 12.1 Å². The third kappa shape index (κ3) is 4.03. The predicted octanol–water partition coefficient (Wildman–Crippen LogP) is 4.16. The first-order chi connectivity index (χ1) is 14.1. The van der Waals surface area contributed by atoms with Crippen molar-refractivity contribution in [3.8, 4) is 17.3 Å². The van der Waals surface area contributed by atoms with Gasteiger partial charge in [-0.1, -0.05) is 35.9 Å². The summed E-state index contributed by atoms with van der Waals surface area (Å²) >= 11 is 0. The Morgan fingerprint density at radius 2 is 1.97 bits per heavy atom. The van der Waals surface area contributed by atoms with Gasteiger partial charge in [0.25, 0.3) is 5.91 Å². The maximum absolute atomic E-state index is 13.1. The van der Waals surface area contributed by atoms with E-state index in [9.17, 15) is 4.79 Å². The number of rotatable bonds is 6. The molecule has 29 heavy (non-hydrogen) atoms. The maximum atomic E-state index is 13.1. The number of methoxy groups -OCH3 is 1. The van der Waals surface area contributed by atoms with Crippen molar-refractivity contribution in [2.75, 3.05) is 12.4 Å². The molecule has 0 amide bonds. The minimum Gasteiger partial charge on any atom is -0.497 e. The topological polar surface area (TPSA) is 82.2 Å². The fraction of sp³-hybridized carbons (Fsp3) is 0.136. The van der Waals surface area contributed by atoms with E-state index in [4.69, 9.17) is 9.15 Å². The van der Waals surface area contributed by atoms with E-state index in [0.29, 0.717) is 35.4 Å². The van der Waals surface area contributed by atoms with Crippen LogP contribution < -0.4 is 10.1 Å². The summed E-state index contributed by atoms with van der Waals surface area (Å²) in [5.74, 6) is 1.43. The summed E-state index contributed by atoms with van der Waals surface area (Å²) in [6.07, 6.45) is 1.54. The Morgan fingerprint density at radius 3 is 2.69 bits per heavy atom. The highest BCUT2D eigenvalue weighted by molar-refractivity contribution is 5.97. The molecule has 0 aliphatic rings. The quantitative estimate of drug-likeness (QED) is 0.534. The summed E-state index contributed by atoms with van der Waals surface area (Å²) in [4.78, 5) is 17.6. The summed E-state index contributed by atoms with van der Waals surface area (Å²) in [5.41, 5.74) is 2.70. The van der Waals surface area contributed by atoms with Gasteiger partial charge < -0.3 is 14.5 Å². The first-order valence-electron chi connectivity index (χ1n) is 9.13. The van der Waals surface area contributed by atoms with Crippen molar-refractivity contribution >= 4 is 11.9 Å². The molecule has 0 radical (unpaired) electrons. The smallest absolute Gasteiger partial charge is 0.281 e. The number of hydrogen-bond acceptors (Lipinski definition) is 6. The first-order valence-corrected chi connectivity index (χ1v) is 9.13. The van der Waals surface area contributed by atoms with Crippen molar-refractivity contribution in [2.24, 2.45) is 0 Å². The zero-order chi connectivity index (χ0) is 20.2. The maximum Gasteiger partial charge on any atom is 0.281 e. The Labute approximate surface area is 168 Å². The van der Waals surface area contributed by atoms with Gasteiger partial charge in [-0.3, -0.25) is 4.79 Å². The standard InChI is InChI=1S/C22H20N4O3/c1-15-8-10-16(11-9-15)14-23-22-24-20(19-7-4-12-29-19)25-26(22)21(27)17-5-3-6-18(13-17)28-2/h3-13H,14H2,1-2H3,(H,23,24,25). The number of nitrogens with zero attached hydrogens (tertiary/aromatic N) is 3. The number of aryl methyl sites for hydroxylation is 1. The molecule has 0 saturated heterocycles. The van der Waals surface area contributed by atoms with E-state index < -0.39 is 0 Å². The molecule has 0 unspecified atom stereocenters. The largest absolute Gasteiger partial charge is 0.497 e. The number of hydrogen-bond donors (Lipinski definition) is 1. The molecule has 4 rings (SSSR count). The van der Waals surface area contributed by atoms with E-state index >= 15 is 0 Å². The van der Waals surface area contributed by atoms with Gasteiger partial charge in [-0.25, -0.2) is 0 Å². The van der Waals surface area contributed by atoms with Gasteiger partial charge in [0.05, 0.1) is 13.4 Å². The molecule has 0 aliphatic heterocycles. The average molecular weight is 388 g/mol. The number of nitrogens with one attached hydrogen (secondary N) is 1. The molecule has 0 spiro atoms. The summed E-state index contributed by atoms with van der Waals surface area (Å²) in [6, 6.07) is 18.6. The minimum atomic E-state index is -0.319. The number of benzene rings is 2. The van der Waals surface area contributed by atoms with Gasteiger partial charge in [-0.15, -0.1) is 5.10 Å². The molecule has 0 atom stereocenters. The van der Waals surface area contributed by atoms with Gasteiger partial charge >= 0.3 is 0 Å². The van der Waals surface area contributed by atoms with E-state index in [1.165, 1.54) is 10.2 Å². The average Bonchev–Trinajstić information content (AvgIpc) is 3.43. The van der Waals surface area contributed by atoms with Crippen molar-refractivity contribution in [3.05, 3.63) is 83.6 Å². The van der Waals surface area contributed by atoms with Crippen LogP contribution in [0.15, 0.2) is 71.3 Å². The molecule has 0 aliphatic carbocycles. The van der Waals surface area contributed by atoms with Crippen LogP contribution in [0.1, 0.15) is 21.5 Å². The lowest BCUT2D eigenvalue weighted by Gasteiger charge is -2.08. The van der Waals surface area contributed by atoms with Crippen LogP contribution >= 0.6 is 0 Å². The van der Waals surface area contributed by atoms with Crippen LogP contribution in [0.5, 0.6) is 5.75 Å². The second-order valence-corrected chi connectivity index (χ2v) is 6.52. The summed E-state index contributed by atoms with van der Waals surface area (Å²) in [7, 11) is 1.56. The van der Waals surface area contributed by atoms with Gasteiger partial charge in [0.2, 0.25) is 11.8 Å². The number of carbonyl (C=O) groups excluding carboxylic acids is 1. The van der Waals surface area contributed by atoms with Crippen LogP contribution in [0, 0.1) is 6.92 Å². The zero-order valence-electron chi connectivity index (χ0n) is 16.1. The van der Waals surface area contributed by atoms with Gasteiger partial charge in [0.1, 0.15) is 5.75 Å². The van der Waals surface area contributed by atoms with E-state index in [1.54, 1.807) is 49.8 Å². The molecule has 7 heteroatoms. The molecule has 0 fully saturated rings. The Morgan fingerprint density at radius 1 is 1.14 bits per heavy atom. The molecule has 1 N–H and O–H groups in total. The third-order valence-corrected chi connectivity index (χ3v) is 4.43. The second kappa shape index (κ2) is 8.02. The number of aromatic nitrogens is 3. The normalized spacial score (nSPS) is 10.7. The van der Waals surface area contributed by atoms with Crippen molar-refractivity contribution in [3.63, 3.8) is 0 Å². The van der Waals surface area contributed by atoms with Crippen LogP contribution in [0.25, 0.3) is 11.6 Å². The number of carbonyl (C=O) groups is 1. The van der Waals surface area contributed by atoms with Crippen LogP contribution in [0.4, 0.5) is 5.95 Å². The fourth-order valence-corrected chi connectivity index (χ4v) is 2.84. The van der Waals surface area contributed by atoms with Crippen molar-refractivity contribution in [2.45, 2.75) is 13.5 Å². The molecular formula is C22H20N4O3. The highest BCUT2D eigenvalue weighted by Crippen LogP contribution is 2.21. The van der Waals surface area contributed by atoms with Gasteiger partial charge in [-0.05, 0) is 42.8 Å². The fourth-order valence-electron chi connectivity index (χ4n) is 2.84. The summed E-state index contributed by atoms with van der Waals surface area (Å²) in [6.45, 7) is 2.54. The van der Waals surface area contributed by atoms with Crippen molar-refractivity contribution in [1.82, 2.24) is 14.8 Å². The zero-order valence-corrected chi connectivity index (χ0v) is 16.1. The molecular weight excluding hydrogens is 368 g/mol. The molecule has 7 nitrogen and oxygen atoms in total. The van der Waals surface area contributed by atoms with Crippen LogP contribution in [-0.4, -0.2) is 27.8 Å². The Hall–Kier alpha value is -3.87. The van der Waals surface area contributed by atoms with Crippen LogP contribution in [0.3, 0.4) is 0 Å². The number of furan rings is 1. The van der Waals surface area contributed by atoms with Gasteiger partial charge in [-0.2, -0.15) is 9.67 Å². The second-order valence-electron chi connectivity index (χ2n) is 6.52. The number of anilines is 1. The van der Waals surface area contributed by atoms with Crippen molar-refractivity contribution in [1.29, 1.82) is 0 Å². The molecule has 0 bridgehead atoms. The first kappa shape index (κ1) is 18.5. The number of ether oxygens (including phenoxy) is 1. The molecule has 146 valence electrons. The summed E-state index contributed by atoms with van der Waals surface area (Å²) < 4.78 is 11.9. The van der Waals surface area contributed by atoms with Crippen molar-refractivity contribution < 1.29 is 13.9 Å². The SMILES string of the molecule is COc1cccc(C(=O)n2nc(-c3ccco3)nc2NCc2ccc(C)cc2)c1. The predicted molar refractivity (Wildman–Crippen MR) is 109 cm³/mol. The van der Waals surface area contributed by atoms with Gasteiger partial charge in [0.15, 0.2) is 5.76 Å². The lowest BCUT2D eigenvalue weighted by Crippen LogP contribution is -2.17. The van der Waals surface area contributed by atoms with E-state index in [2.05, 4.69) is 15.4 Å². The molecule has 4 aromatic rings. The minimum absolute atomic E-state index is 0.319. The lowest BCUT2D eigenvalue weighted by molar-refractivity contribution is 0.0947. The molecule has 2 heterocycles. The Balaban J connectivity index is 1.67. The van der Waals surface area contributed by atoms with E-state index in [1.807, 2.05) is 31.2 Å². The Kier molecular flexibility index (Phi) is 5.11. The molecule has 2 aromatic heterocycles. The van der Waals surface area contributed by atoms with Crippen LogP contribution in [0.2, 0.25) is 0 Å². The highest BCUT2D eigenvalue weighted by atomic mass is 16.5. The monoisotopic (exact) mass is 388 g/mol. The Bertz CT molecular complexity index is 1120. The highest BCUT2D eigenvalue weighted by Gasteiger charge is 2.20. The van der Waals surface area contributed by atoms with Crippen LogP contribution in [-0.2, 0) is 6.54 Å². The van der Waals surface area contributed by atoms with E-state index in [0.717, 1.165) is 5.56 Å². The lowest BCUT2D eigenvalue weighted by atomic mass is 10.1. The molecule has 2 aromatic carbocycles. The summed E-state index contributed by atoms with van der Waals surface area (Å²) in [5, 5.41) is 7.58. The molecule has 0 saturated carbocycles.